The Bertz CT molecular complexity index is 737. The molecule has 8 heteroatoms. The Balaban J connectivity index is 1.85. The van der Waals surface area contributed by atoms with Crippen molar-refractivity contribution >= 4 is 5.82 Å². The minimum absolute atomic E-state index is 0.0303. The Kier molecular flexibility index (Phi) is 4.87. The highest BCUT2D eigenvalue weighted by molar-refractivity contribution is 5.42. The number of nitrogens with zero attached hydrogens (tertiary/aromatic N) is 4. The van der Waals surface area contributed by atoms with E-state index in [1.807, 2.05) is 26.8 Å². The van der Waals surface area contributed by atoms with Gasteiger partial charge in [-0.1, -0.05) is 0 Å². The molecule has 0 bridgehead atoms. The standard InChI is InChI=1S/C17H23F2N5O/c1-4-25-15-10-14(20-13-5-7-17(18,19)8-6-13)21-16(22-15)24-12(3)9-11(2)23-24/h9-10,13H,4-8H2,1-3H3,(H,20,21,22). The van der Waals surface area contributed by atoms with Gasteiger partial charge in [-0.3, -0.25) is 0 Å². The van der Waals surface area contributed by atoms with Crippen LogP contribution < -0.4 is 10.1 Å². The maximum absolute atomic E-state index is 13.3. The highest BCUT2D eigenvalue weighted by Gasteiger charge is 2.35. The van der Waals surface area contributed by atoms with Crippen LogP contribution in [0.1, 0.15) is 44.0 Å². The topological polar surface area (TPSA) is 64.9 Å². The number of hydrogen-bond acceptors (Lipinski definition) is 5. The van der Waals surface area contributed by atoms with Crippen LogP contribution in [0.2, 0.25) is 0 Å². The van der Waals surface area contributed by atoms with Crippen molar-refractivity contribution in [2.24, 2.45) is 0 Å². The van der Waals surface area contributed by atoms with E-state index in [0.29, 0.717) is 37.1 Å². The largest absolute Gasteiger partial charge is 0.478 e. The molecular formula is C17H23F2N5O. The van der Waals surface area contributed by atoms with E-state index in [4.69, 9.17) is 4.74 Å². The fraction of sp³-hybridized carbons (Fsp3) is 0.588. The van der Waals surface area contributed by atoms with E-state index in [1.165, 1.54) is 0 Å². The van der Waals surface area contributed by atoms with Crippen molar-refractivity contribution in [1.82, 2.24) is 19.7 Å². The molecule has 0 aromatic carbocycles. The van der Waals surface area contributed by atoms with Crippen LogP contribution in [0.25, 0.3) is 5.95 Å². The summed E-state index contributed by atoms with van der Waals surface area (Å²) in [6.07, 6.45) is 0.628. The monoisotopic (exact) mass is 351 g/mol. The smallest absolute Gasteiger partial charge is 0.256 e. The highest BCUT2D eigenvalue weighted by Crippen LogP contribution is 2.34. The summed E-state index contributed by atoms with van der Waals surface area (Å²) < 4.78 is 33.8. The molecule has 1 aliphatic rings. The van der Waals surface area contributed by atoms with Crippen molar-refractivity contribution < 1.29 is 13.5 Å². The van der Waals surface area contributed by atoms with Crippen LogP contribution in [0.4, 0.5) is 14.6 Å². The van der Waals surface area contributed by atoms with E-state index in [0.717, 1.165) is 11.4 Å². The molecule has 0 atom stereocenters. The average molecular weight is 351 g/mol. The van der Waals surface area contributed by atoms with Crippen LogP contribution in [0.3, 0.4) is 0 Å². The van der Waals surface area contributed by atoms with E-state index in [-0.39, 0.29) is 18.9 Å². The fourth-order valence-corrected chi connectivity index (χ4v) is 3.03. The predicted molar refractivity (Wildman–Crippen MR) is 90.6 cm³/mol. The van der Waals surface area contributed by atoms with Crippen LogP contribution in [0.5, 0.6) is 5.88 Å². The molecule has 2 aromatic heterocycles. The van der Waals surface area contributed by atoms with Gasteiger partial charge >= 0.3 is 0 Å². The van der Waals surface area contributed by atoms with Crippen molar-refractivity contribution in [2.45, 2.75) is 58.4 Å². The Morgan fingerprint density at radius 2 is 1.96 bits per heavy atom. The minimum Gasteiger partial charge on any atom is -0.478 e. The first-order chi connectivity index (χ1) is 11.9. The zero-order valence-electron chi connectivity index (χ0n) is 14.7. The van der Waals surface area contributed by atoms with E-state index in [2.05, 4.69) is 20.4 Å². The second kappa shape index (κ2) is 6.93. The zero-order chi connectivity index (χ0) is 18.0. The lowest BCUT2D eigenvalue weighted by molar-refractivity contribution is -0.0361. The summed E-state index contributed by atoms with van der Waals surface area (Å²) in [6, 6.07) is 3.61. The first-order valence-corrected chi connectivity index (χ1v) is 8.56. The lowest BCUT2D eigenvalue weighted by Crippen LogP contribution is -2.32. The molecule has 1 saturated carbocycles. The number of rotatable bonds is 5. The van der Waals surface area contributed by atoms with Gasteiger partial charge in [0, 0.05) is 30.6 Å². The Morgan fingerprint density at radius 1 is 1.24 bits per heavy atom. The number of nitrogens with one attached hydrogen (secondary N) is 1. The molecule has 6 nitrogen and oxygen atoms in total. The van der Waals surface area contributed by atoms with Crippen molar-refractivity contribution in [3.63, 3.8) is 0 Å². The van der Waals surface area contributed by atoms with Gasteiger partial charge in [0.05, 0.1) is 12.3 Å². The maximum atomic E-state index is 13.3. The van der Waals surface area contributed by atoms with E-state index in [1.54, 1.807) is 10.7 Å². The van der Waals surface area contributed by atoms with Gasteiger partial charge < -0.3 is 10.1 Å². The van der Waals surface area contributed by atoms with Crippen molar-refractivity contribution in [3.05, 3.63) is 23.5 Å². The molecule has 0 aliphatic heterocycles. The molecule has 25 heavy (non-hydrogen) atoms. The summed E-state index contributed by atoms with van der Waals surface area (Å²) in [5, 5.41) is 7.65. The quantitative estimate of drug-likeness (QED) is 0.890. The third-order valence-electron chi connectivity index (χ3n) is 4.25. The minimum atomic E-state index is -2.55. The number of aryl methyl sites for hydroxylation is 2. The molecule has 0 unspecified atom stereocenters. The molecule has 0 saturated heterocycles. The van der Waals surface area contributed by atoms with Crippen LogP contribution in [0, 0.1) is 13.8 Å². The first-order valence-electron chi connectivity index (χ1n) is 8.56. The normalized spacial score (nSPS) is 17.5. The average Bonchev–Trinajstić information content (AvgIpc) is 2.88. The molecular weight excluding hydrogens is 328 g/mol. The first kappa shape index (κ1) is 17.6. The molecule has 2 aromatic rings. The van der Waals surface area contributed by atoms with Gasteiger partial charge in [-0.05, 0) is 39.7 Å². The van der Waals surface area contributed by atoms with Crippen molar-refractivity contribution in [1.29, 1.82) is 0 Å². The summed E-state index contributed by atoms with van der Waals surface area (Å²) >= 11 is 0. The molecule has 2 heterocycles. The molecule has 1 fully saturated rings. The summed E-state index contributed by atoms with van der Waals surface area (Å²) in [6.45, 7) is 6.17. The number of halogens is 2. The SMILES string of the molecule is CCOc1cc(NC2CCC(F)(F)CC2)nc(-n2nc(C)cc2C)n1. The lowest BCUT2D eigenvalue weighted by atomic mass is 9.92. The number of alkyl halides is 2. The molecule has 0 radical (unpaired) electrons. The summed E-state index contributed by atoms with van der Waals surface area (Å²) in [4.78, 5) is 8.89. The second-order valence-corrected chi connectivity index (χ2v) is 6.44. The lowest BCUT2D eigenvalue weighted by Gasteiger charge is -2.29. The third kappa shape index (κ3) is 4.24. The van der Waals surface area contributed by atoms with Crippen molar-refractivity contribution in [3.8, 4) is 11.8 Å². The predicted octanol–water partition coefficient (Wildman–Crippen LogP) is 3.67. The Morgan fingerprint density at radius 3 is 2.56 bits per heavy atom. The van der Waals surface area contributed by atoms with E-state index >= 15 is 0 Å². The van der Waals surface area contributed by atoms with Gasteiger partial charge in [0.25, 0.3) is 5.95 Å². The summed E-state index contributed by atoms with van der Waals surface area (Å²) in [5.41, 5.74) is 1.78. The maximum Gasteiger partial charge on any atom is 0.256 e. The number of anilines is 1. The van der Waals surface area contributed by atoms with Gasteiger partial charge in [-0.2, -0.15) is 15.1 Å². The van der Waals surface area contributed by atoms with Gasteiger partial charge in [0.1, 0.15) is 5.82 Å². The van der Waals surface area contributed by atoms with Gasteiger partial charge in [-0.25, -0.2) is 13.5 Å². The summed E-state index contributed by atoms with van der Waals surface area (Å²) in [7, 11) is 0. The molecule has 136 valence electrons. The molecule has 0 amide bonds. The Hall–Kier alpha value is -2.25. The number of hydrogen-bond donors (Lipinski definition) is 1. The highest BCUT2D eigenvalue weighted by atomic mass is 19.3. The summed E-state index contributed by atoms with van der Waals surface area (Å²) in [5.74, 6) is -1.14. The van der Waals surface area contributed by atoms with Crippen LogP contribution in [-0.4, -0.2) is 38.3 Å². The van der Waals surface area contributed by atoms with Crippen LogP contribution in [-0.2, 0) is 0 Å². The van der Waals surface area contributed by atoms with Gasteiger partial charge in [0.2, 0.25) is 11.8 Å². The molecule has 1 N–H and O–H groups in total. The molecule has 1 aliphatic carbocycles. The third-order valence-corrected chi connectivity index (χ3v) is 4.25. The van der Waals surface area contributed by atoms with Crippen LogP contribution >= 0.6 is 0 Å². The Labute approximate surface area is 145 Å². The zero-order valence-corrected chi connectivity index (χ0v) is 14.7. The molecule has 3 rings (SSSR count). The molecule has 0 spiro atoms. The van der Waals surface area contributed by atoms with Crippen LogP contribution in [0.15, 0.2) is 12.1 Å². The van der Waals surface area contributed by atoms with Crippen molar-refractivity contribution in [2.75, 3.05) is 11.9 Å². The second-order valence-electron chi connectivity index (χ2n) is 6.44. The van der Waals surface area contributed by atoms with E-state index in [9.17, 15) is 8.78 Å². The number of aromatic nitrogens is 4. The fourth-order valence-electron chi connectivity index (χ4n) is 3.03. The van der Waals surface area contributed by atoms with Gasteiger partial charge in [0.15, 0.2) is 0 Å². The van der Waals surface area contributed by atoms with E-state index < -0.39 is 5.92 Å². The van der Waals surface area contributed by atoms with Gasteiger partial charge in [-0.15, -0.1) is 0 Å². The number of ether oxygens (including phenoxy) is 1.